The van der Waals surface area contributed by atoms with Gasteiger partial charge in [0.1, 0.15) is 17.9 Å². The summed E-state index contributed by atoms with van der Waals surface area (Å²) >= 11 is 0. The third kappa shape index (κ3) is 4.14. The maximum Gasteiger partial charge on any atom is 0.330 e. The largest absolute Gasteiger partial charge is 0.489 e. The van der Waals surface area contributed by atoms with E-state index in [9.17, 15) is 14.4 Å². The number of nitrogens with one attached hydrogen (secondary N) is 1. The number of aryl methyl sites for hydroxylation is 1. The van der Waals surface area contributed by atoms with Gasteiger partial charge < -0.3 is 14.6 Å². The Bertz CT molecular complexity index is 1070. The number of aromatic nitrogens is 2. The van der Waals surface area contributed by atoms with E-state index in [0.717, 1.165) is 10.1 Å². The van der Waals surface area contributed by atoms with Crippen molar-refractivity contribution in [2.24, 2.45) is 14.1 Å². The van der Waals surface area contributed by atoms with Crippen molar-refractivity contribution in [1.29, 1.82) is 0 Å². The predicted molar refractivity (Wildman–Crippen MR) is 102 cm³/mol. The second kappa shape index (κ2) is 7.74. The number of nitrogens with zero attached hydrogens (tertiary/aromatic N) is 2. The van der Waals surface area contributed by atoms with E-state index in [2.05, 4.69) is 5.32 Å². The molecule has 27 heavy (non-hydrogen) atoms. The van der Waals surface area contributed by atoms with Crippen LogP contribution in [0.4, 0.5) is 5.69 Å². The number of rotatable bonds is 5. The number of carbonyl (C=O) groups is 1. The number of hydrogen-bond donors (Lipinski definition) is 1. The molecule has 2 aromatic carbocycles. The van der Waals surface area contributed by atoms with E-state index in [1.54, 1.807) is 24.3 Å². The van der Waals surface area contributed by atoms with Gasteiger partial charge in [0.15, 0.2) is 0 Å². The summed E-state index contributed by atoms with van der Waals surface area (Å²) in [5.74, 6) is 0.0824. The summed E-state index contributed by atoms with van der Waals surface area (Å²) in [6.45, 7) is 0.445. The average molecular weight is 365 g/mol. The van der Waals surface area contributed by atoms with Gasteiger partial charge in [-0.1, -0.05) is 30.3 Å². The van der Waals surface area contributed by atoms with Gasteiger partial charge in [0, 0.05) is 26.0 Å². The zero-order chi connectivity index (χ0) is 19.4. The second-order valence-electron chi connectivity index (χ2n) is 6.05. The highest BCUT2D eigenvalue weighted by molar-refractivity contribution is 6.03. The van der Waals surface area contributed by atoms with E-state index in [4.69, 9.17) is 4.74 Å². The molecule has 0 spiro atoms. The summed E-state index contributed by atoms with van der Waals surface area (Å²) in [7, 11) is 2.82. The highest BCUT2D eigenvalue weighted by Crippen LogP contribution is 2.17. The van der Waals surface area contributed by atoms with Gasteiger partial charge in [-0.3, -0.25) is 14.2 Å². The number of anilines is 1. The normalized spacial score (nSPS) is 10.4. The van der Waals surface area contributed by atoms with Crippen molar-refractivity contribution in [2.75, 3.05) is 5.32 Å². The first-order valence-corrected chi connectivity index (χ1v) is 8.30. The number of hydrogen-bond acceptors (Lipinski definition) is 4. The quantitative estimate of drug-likeness (QED) is 0.749. The average Bonchev–Trinajstić information content (AvgIpc) is 2.69. The number of carbonyl (C=O) groups excluding carboxylic acids is 1. The lowest BCUT2D eigenvalue weighted by Crippen LogP contribution is -2.40. The molecular formula is C20H19N3O4. The SMILES string of the molecule is Cn1cc(C(=O)Nc2ccc(OCc3ccccc3)cc2)c(=O)n(C)c1=O. The van der Waals surface area contributed by atoms with Crippen LogP contribution >= 0.6 is 0 Å². The smallest absolute Gasteiger partial charge is 0.330 e. The Kier molecular flexibility index (Phi) is 5.21. The van der Waals surface area contributed by atoms with E-state index in [-0.39, 0.29) is 5.56 Å². The molecule has 0 saturated carbocycles. The molecule has 0 saturated heterocycles. The van der Waals surface area contributed by atoms with E-state index in [1.165, 1.54) is 24.9 Å². The third-order valence-corrected chi connectivity index (χ3v) is 4.05. The van der Waals surface area contributed by atoms with E-state index >= 15 is 0 Å². The fourth-order valence-corrected chi connectivity index (χ4v) is 2.54. The Morgan fingerprint density at radius 3 is 2.33 bits per heavy atom. The molecule has 3 aromatic rings. The van der Waals surface area contributed by atoms with Crippen LogP contribution in [0.3, 0.4) is 0 Å². The fraction of sp³-hybridized carbons (Fsp3) is 0.150. The van der Waals surface area contributed by atoms with Gasteiger partial charge in [-0.2, -0.15) is 0 Å². The topological polar surface area (TPSA) is 82.3 Å². The molecule has 0 aliphatic rings. The Morgan fingerprint density at radius 2 is 1.67 bits per heavy atom. The summed E-state index contributed by atoms with van der Waals surface area (Å²) in [5, 5.41) is 2.65. The van der Waals surface area contributed by atoms with Crippen molar-refractivity contribution in [3.63, 3.8) is 0 Å². The van der Waals surface area contributed by atoms with Gasteiger partial charge in [-0.25, -0.2) is 4.79 Å². The lowest BCUT2D eigenvalue weighted by Gasteiger charge is -2.09. The van der Waals surface area contributed by atoms with Crippen molar-refractivity contribution in [2.45, 2.75) is 6.61 Å². The maximum atomic E-state index is 12.4. The molecule has 0 unspecified atom stereocenters. The first kappa shape index (κ1) is 18.2. The summed E-state index contributed by atoms with van der Waals surface area (Å²) in [6.07, 6.45) is 1.23. The van der Waals surface area contributed by atoms with Gasteiger partial charge in [-0.15, -0.1) is 0 Å². The maximum absolute atomic E-state index is 12.4. The number of amides is 1. The van der Waals surface area contributed by atoms with Gasteiger partial charge in [0.25, 0.3) is 11.5 Å². The third-order valence-electron chi connectivity index (χ3n) is 4.05. The van der Waals surface area contributed by atoms with Crippen molar-refractivity contribution in [3.8, 4) is 5.75 Å². The zero-order valence-electron chi connectivity index (χ0n) is 15.0. The van der Waals surface area contributed by atoms with Crippen molar-refractivity contribution < 1.29 is 9.53 Å². The standard InChI is InChI=1S/C20H19N3O4/c1-22-12-17(19(25)23(2)20(22)26)18(24)21-15-8-10-16(11-9-15)27-13-14-6-4-3-5-7-14/h3-12H,13H2,1-2H3,(H,21,24). The molecule has 7 heteroatoms. The summed E-state index contributed by atoms with van der Waals surface area (Å²) in [6, 6.07) is 16.6. The van der Waals surface area contributed by atoms with E-state index < -0.39 is 17.2 Å². The van der Waals surface area contributed by atoms with Crippen LogP contribution in [0.2, 0.25) is 0 Å². The van der Waals surface area contributed by atoms with Gasteiger partial charge in [0.05, 0.1) is 0 Å². The monoisotopic (exact) mass is 365 g/mol. The lowest BCUT2D eigenvalue weighted by atomic mass is 10.2. The molecular weight excluding hydrogens is 346 g/mol. The molecule has 0 atom stereocenters. The molecule has 1 aromatic heterocycles. The van der Waals surface area contributed by atoms with E-state index in [1.807, 2.05) is 30.3 Å². The van der Waals surface area contributed by atoms with Crippen molar-refractivity contribution in [1.82, 2.24) is 9.13 Å². The van der Waals surface area contributed by atoms with Crippen LogP contribution in [0.1, 0.15) is 15.9 Å². The fourth-order valence-electron chi connectivity index (χ4n) is 2.54. The number of ether oxygens (including phenoxy) is 1. The van der Waals surface area contributed by atoms with Crippen molar-refractivity contribution >= 4 is 11.6 Å². The van der Waals surface area contributed by atoms with Crippen LogP contribution in [-0.2, 0) is 20.7 Å². The van der Waals surface area contributed by atoms with Crippen molar-refractivity contribution in [3.05, 3.63) is 92.8 Å². The molecule has 0 aliphatic carbocycles. The lowest BCUT2D eigenvalue weighted by molar-refractivity contribution is 0.102. The first-order valence-electron chi connectivity index (χ1n) is 8.30. The highest BCUT2D eigenvalue weighted by atomic mass is 16.5. The minimum atomic E-state index is -0.640. The van der Waals surface area contributed by atoms with Gasteiger partial charge in [-0.05, 0) is 29.8 Å². The molecule has 1 heterocycles. The summed E-state index contributed by atoms with van der Waals surface area (Å²) in [5.41, 5.74) is 0.335. The zero-order valence-corrected chi connectivity index (χ0v) is 15.0. The molecule has 7 nitrogen and oxygen atoms in total. The minimum absolute atomic E-state index is 0.107. The Morgan fingerprint density at radius 1 is 1.00 bits per heavy atom. The minimum Gasteiger partial charge on any atom is -0.489 e. The number of benzene rings is 2. The molecule has 0 aliphatic heterocycles. The summed E-state index contributed by atoms with van der Waals surface area (Å²) < 4.78 is 7.79. The van der Waals surface area contributed by atoms with Crippen LogP contribution in [0.5, 0.6) is 5.75 Å². The Balaban J connectivity index is 1.69. The van der Waals surface area contributed by atoms with Crippen LogP contribution in [0, 0.1) is 0 Å². The van der Waals surface area contributed by atoms with E-state index in [0.29, 0.717) is 18.0 Å². The first-order chi connectivity index (χ1) is 13.0. The molecule has 0 bridgehead atoms. The van der Waals surface area contributed by atoms with Crippen LogP contribution in [0.25, 0.3) is 0 Å². The van der Waals surface area contributed by atoms with Gasteiger partial charge >= 0.3 is 5.69 Å². The van der Waals surface area contributed by atoms with Crippen LogP contribution in [-0.4, -0.2) is 15.0 Å². The van der Waals surface area contributed by atoms with Crippen LogP contribution < -0.4 is 21.3 Å². The summed E-state index contributed by atoms with van der Waals surface area (Å²) in [4.78, 5) is 36.2. The molecule has 0 radical (unpaired) electrons. The molecule has 1 amide bonds. The molecule has 138 valence electrons. The molecule has 3 rings (SSSR count). The Labute approximate surface area is 155 Å². The predicted octanol–water partition coefficient (Wildman–Crippen LogP) is 1.92. The second-order valence-corrected chi connectivity index (χ2v) is 6.05. The van der Waals surface area contributed by atoms with Gasteiger partial charge in [0.2, 0.25) is 0 Å². The molecule has 1 N–H and O–H groups in total. The Hall–Kier alpha value is -3.61. The highest BCUT2D eigenvalue weighted by Gasteiger charge is 2.14. The molecule has 0 fully saturated rings. The van der Waals surface area contributed by atoms with Crippen LogP contribution in [0.15, 0.2) is 70.4 Å².